The lowest BCUT2D eigenvalue weighted by Crippen LogP contribution is -2.56. The fourth-order valence-electron chi connectivity index (χ4n) is 1.49. The van der Waals surface area contributed by atoms with Gasteiger partial charge in [-0.3, -0.25) is 4.79 Å². The quantitative estimate of drug-likeness (QED) is 0.528. The second-order valence-electron chi connectivity index (χ2n) is 3.90. The van der Waals surface area contributed by atoms with Gasteiger partial charge in [-0.05, 0) is 13.6 Å². The van der Waals surface area contributed by atoms with Gasteiger partial charge in [-0.1, -0.05) is 6.92 Å². The maximum Gasteiger partial charge on any atom is 0.238 e. The molecule has 0 aromatic carbocycles. The Bertz CT molecular complexity index is 192. The van der Waals surface area contributed by atoms with E-state index in [0.29, 0.717) is 0 Å². The molecule has 88 valence electrons. The molecule has 0 saturated carbocycles. The van der Waals surface area contributed by atoms with E-state index in [-0.39, 0.29) is 11.9 Å². The number of hydrogen-bond acceptors (Lipinski definition) is 4. The molecule has 1 aliphatic rings. The summed E-state index contributed by atoms with van der Waals surface area (Å²) in [4.78, 5) is 13.8. The molecule has 1 fully saturated rings. The van der Waals surface area contributed by atoms with Crippen LogP contribution in [-0.2, 0) is 4.79 Å². The topological polar surface area (TPSA) is 56.4 Å². The van der Waals surface area contributed by atoms with Crippen molar-refractivity contribution >= 4 is 5.91 Å². The number of likely N-dealkylation sites (N-methyl/N-ethyl adjacent to an activating group) is 1. The Hall–Kier alpha value is -0.650. The highest BCUT2D eigenvalue weighted by atomic mass is 16.2. The third-order valence-electron chi connectivity index (χ3n) is 2.69. The van der Waals surface area contributed by atoms with Crippen molar-refractivity contribution in [2.24, 2.45) is 0 Å². The first kappa shape index (κ1) is 12.4. The molecule has 5 nitrogen and oxygen atoms in total. The molecule has 1 amide bonds. The molecule has 0 aliphatic carbocycles. The number of carbonyl (C=O) groups excluding carboxylic acids is 1. The van der Waals surface area contributed by atoms with Crippen molar-refractivity contribution < 1.29 is 4.79 Å². The van der Waals surface area contributed by atoms with E-state index < -0.39 is 0 Å². The van der Waals surface area contributed by atoms with Crippen LogP contribution < -0.4 is 16.0 Å². The van der Waals surface area contributed by atoms with Crippen LogP contribution in [0.1, 0.15) is 6.92 Å². The average molecular weight is 214 g/mol. The molecule has 0 bridgehead atoms. The molecule has 0 radical (unpaired) electrons. The van der Waals surface area contributed by atoms with Crippen LogP contribution in [0.15, 0.2) is 0 Å². The maximum atomic E-state index is 11.6. The summed E-state index contributed by atoms with van der Waals surface area (Å²) in [7, 11) is 2.05. The van der Waals surface area contributed by atoms with Gasteiger partial charge >= 0.3 is 0 Å². The van der Waals surface area contributed by atoms with Gasteiger partial charge in [0.15, 0.2) is 0 Å². The molecule has 3 N–H and O–H groups in total. The number of hydrogen-bond donors (Lipinski definition) is 3. The van der Waals surface area contributed by atoms with E-state index in [1.807, 2.05) is 7.05 Å². The number of amides is 1. The largest absolute Gasteiger partial charge is 0.353 e. The Labute approximate surface area is 91.6 Å². The zero-order chi connectivity index (χ0) is 11.1. The highest BCUT2D eigenvalue weighted by Crippen LogP contribution is 1.87. The third kappa shape index (κ3) is 4.59. The molecule has 1 aliphatic heterocycles. The summed E-state index contributed by atoms with van der Waals surface area (Å²) in [6.45, 7) is 7.29. The van der Waals surface area contributed by atoms with Gasteiger partial charge in [-0.2, -0.15) is 0 Å². The lowest BCUT2D eigenvalue weighted by atomic mass is 10.2. The first-order chi connectivity index (χ1) is 7.24. The van der Waals surface area contributed by atoms with Crippen LogP contribution >= 0.6 is 0 Å². The van der Waals surface area contributed by atoms with Gasteiger partial charge in [-0.25, -0.2) is 0 Å². The van der Waals surface area contributed by atoms with Crippen LogP contribution in [0.3, 0.4) is 0 Å². The summed E-state index contributed by atoms with van der Waals surface area (Å²) < 4.78 is 0. The number of nitrogens with one attached hydrogen (secondary N) is 3. The zero-order valence-corrected chi connectivity index (χ0v) is 9.68. The van der Waals surface area contributed by atoms with Crippen molar-refractivity contribution in [1.29, 1.82) is 0 Å². The Morgan fingerprint density at radius 1 is 1.53 bits per heavy atom. The van der Waals surface area contributed by atoms with E-state index in [2.05, 4.69) is 27.8 Å². The molecule has 1 unspecified atom stereocenters. The monoisotopic (exact) mass is 214 g/mol. The average Bonchev–Trinajstić information content (AvgIpc) is 2.29. The lowest BCUT2D eigenvalue weighted by Gasteiger charge is -2.24. The predicted octanol–water partition coefficient (Wildman–Crippen LogP) is -1.38. The Morgan fingerprint density at radius 2 is 2.33 bits per heavy atom. The van der Waals surface area contributed by atoms with Crippen LogP contribution in [-0.4, -0.2) is 63.2 Å². The van der Waals surface area contributed by atoms with E-state index in [9.17, 15) is 4.79 Å². The molecular formula is C10H22N4O. The first-order valence-electron chi connectivity index (χ1n) is 5.64. The van der Waals surface area contributed by atoms with Crippen LogP contribution in [0.2, 0.25) is 0 Å². The Kier molecular flexibility index (Phi) is 5.60. The van der Waals surface area contributed by atoms with Gasteiger partial charge in [0.25, 0.3) is 0 Å². The van der Waals surface area contributed by atoms with Gasteiger partial charge in [-0.15, -0.1) is 0 Å². The summed E-state index contributed by atoms with van der Waals surface area (Å²) in [6.07, 6.45) is 0. The first-order valence-corrected chi connectivity index (χ1v) is 5.64. The van der Waals surface area contributed by atoms with Gasteiger partial charge in [0.05, 0.1) is 6.04 Å². The molecule has 5 heteroatoms. The molecule has 15 heavy (non-hydrogen) atoms. The summed E-state index contributed by atoms with van der Waals surface area (Å²) in [5.74, 6) is 0.103. The van der Waals surface area contributed by atoms with Gasteiger partial charge < -0.3 is 20.9 Å². The molecule has 0 spiro atoms. The molecule has 0 aromatic rings. The fraction of sp³-hybridized carbons (Fsp3) is 0.900. The van der Waals surface area contributed by atoms with Crippen molar-refractivity contribution in [3.63, 3.8) is 0 Å². The maximum absolute atomic E-state index is 11.6. The van der Waals surface area contributed by atoms with E-state index >= 15 is 0 Å². The van der Waals surface area contributed by atoms with E-state index in [1.165, 1.54) is 0 Å². The molecule has 1 rings (SSSR count). The van der Waals surface area contributed by atoms with Crippen LogP contribution in [0.5, 0.6) is 0 Å². The van der Waals surface area contributed by atoms with Crippen LogP contribution in [0, 0.1) is 0 Å². The second kappa shape index (κ2) is 6.76. The van der Waals surface area contributed by atoms with Gasteiger partial charge in [0.1, 0.15) is 0 Å². The Balaban J connectivity index is 2.12. The highest BCUT2D eigenvalue weighted by Gasteiger charge is 2.19. The molecule has 1 heterocycles. The minimum absolute atomic E-state index is 0.0642. The van der Waals surface area contributed by atoms with E-state index in [0.717, 1.165) is 39.3 Å². The van der Waals surface area contributed by atoms with Crippen molar-refractivity contribution in [3.8, 4) is 0 Å². The van der Waals surface area contributed by atoms with E-state index in [4.69, 9.17) is 0 Å². The van der Waals surface area contributed by atoms with Gasteiger partial charge in [0, 0.05) is 32.7 Å². The number of rotatable bonds is 5. The Morgan fingerprint density at radius 3 is 2.93 bits per heavy atom. The highest BCUT2D eigenvalue weighted by molar-refractivity contribution is 5.82. The smallest absolute Gasteiger partial charge is 0.238 e. The van der Waals surface area contributed by atoms with Crippen molar-refractivity contribution in [2.45, 2.75) is 13.0 Å². The lowest BCUT2D eigenvalue weighted by molar-refractivity contribution is -0.123. The molecule has 1 atom stereocenters. The van der Waals surface area contributed by atoms with Crippen LogP contribution in [0.25, 0.3) is 0 Å². The summed E-state index contributed by atoms with van der Waals surface area (Å²) in [5, 5.41) is 9.31. The summed E-state index contributed by atoms with van der Waals surface area (Å²) in [5.41, 5.74) is 0. The van der Waals surface area contributed by atoms with Crippen molar-refractivity contribution in [1.82, 2.24) is 20.9 Å². The van der Waals surface area contributed by atoms with Crippen molar-refractivity contribution in [3.05, 3.63) is 0 Å². The molecule has 1 saturated heterocycles. The number of carbonyl (C=O) groups is 1. The van der Waals surface area contributed by atoms with Gasteiger partial charge in [0.2, 0.25) is 5.91 Å². The standard InChI is InChI=1S/C10H22N4O/c1-3-14(2)7-6-13-10(15)9-8-11-4-5-12-9/h9,11-12H,3-8H2,1-2H3,(H,13,15). The summed E-state index contributed by atoms with van der Waals surface area (Å²) >= 11 is 0. The molecule has 0 aromatic heterocycles. The number of nitrogens with zero attached hydrogens (tertiary/aromatic N) is 1. The summed E-state index contributed by atoms with van der Waals surface area (Å²) in [6, 6.07) is -0.0642. The van der Waals surface area contributed by atoms with Crippen molar-refractivity contribution in [2.75, 3.05) is 46.3 Å². The minimum atomic E-state index is -0.0642. The zero-order valence-electron chi connectivity index (χ0n) is 9.68. The minimum Gasteiger partial charge on any atom is -0.353 e. The van der Waals surface area contributed by atoms with Crippen LogP contribution in [0.4, 0.5) is 0 Å². The second-order valence-corrected chi connectivity index (χ2v) is 3.90. The predicted molar refractivity (Wildman–Crippen MR) is 60.8 cm³/mol. The third-order valence-corrected chi connectivity index (χ3v) is 2.69. The number of piperazine rings is 1. The fourth-order valence-corrected chi connectivity index (χ4v) is 1.49. The molecular weight excluding hydrogens is 192 g/mol. The van der Waals surface area contributed by atoms with E-state index in [1.54, 1.807) is 0 Å². The normalized spacial score (nSPS) is 21.7. The SMILES string of the molecule is CCN(C)CCNC(=O)C1CNCCN1.